The Bertz CT molecular complexity index is 1060. The first-order valence-corrected chi connectivity index (χ1v) is 11.0. The lowest BCUT2D eigenvalue weighted by molar-refractivity contribution is -0.156. The number of amides is 2. The van der Waals surface area contributed by atoms with Crippen LogP contribution in [0.25, 0.3) is 0 Å². The number of aliphatic hydroxyl groups is 1. The number of aliphatic hydroxyl groups excluding tert-OH is 1. The smallest absolute Gasteiger partial charge is 0.258 e. The normalized spacial score (nSPS) is 26.0. The summed E-state index contributed by atoms with van der Waals surface area (Å²) < 4.78 is 32.2. The molecule has 5 rings (SSSR count). The molecule has 7 nitrogen and oxygen atoms in total. The molecule has 3 fully saturated rings. The van der Waals surface area contributed by atoms with Crippen LogP contribution in [0.4, 0.5) is 8.78 Å². The molecule has 0 radical (unpaired) electrons. The Kier molecular flexibility index (Phi) is 6.54. The van der Waals surface area contributed by atoms with E-state index >= 15 is 0 Å². The molecule has 0 aliphatic heterocycles. The van der Waals surface area contributed by atoms with E-state index in [1.807, 2.05) is 0 Å². The number of benzene rings is 1. The zero-order valence-corrected chi connectivity index (χ0v) is 18.5. The number of hydrogen-bond acceptors (Lipinski definition) is 5. The third-order valence-electron chi connectivity index (χ3n) is 6.65. The Morgan fingerprint density at radius 1 is 1.18 bits per heavy atom. The molecule has 0 saturated heterocycles. The molecule has 2 amide bonds. The number of carbonyl (C=O) groups excluding carboxylic acids is 2. The first-order chi connectivity index (χ1) is 15.7. The van der Waals surface area contributed by atoms with Gasteiger partial charge in [-0.3, -0.25) is 14.6 Å². The molecule has 2 bridgehead atoms. The highest BCUT2D eigenvalue weighted by Gasteiger charge is 2.58. The van der Waals surface area contributed by atoms with Crippen LogP contribution in [0.5, 0.6) is 5.75 Å². The fraction of sp³-hybridized carbons (Fsp3) is 0.435. The third kappa shape index (κ3) is 4.94. The molecule has 176 valence electrons. The molecule has 3 saturated carbocycles. The minimum Gasteiger partial charge on any atom is -0.484 e. The van der Waals surface area contributed by atoms with Crippen molar-refractivity contribution in [1.82, 2.24) is 15.6 Å². The maximum absolute atomic E-state index is 13.5. The number of aromatic nitrogens is 1. The molecule has 3 aliphatic rings. The lowest BCUT2D eigenvalue weighted by atomic mass is 9.55. The summed E-state index contributed by atoms with van der Waals surface area (Å²) in [6.07, 6.45) is 3.74. The molecular weight excluding hydrogens is 456 g/mol. The van der Waals surface area contributed by atoms with Crippen LogP contribution in [0, 0.1) is 17.0 Å². The molecule has 2 aromatic rings. The average Bonchev–Trinajstić information content (AvgIpc) is 2.79. The second kappa shape index (κ2) is 9.23. The van der Waals surface area contributed by atoms with Crippen LogP contribution in [0.2, 0.25) is 5.02 Å². The van der Waals surface area contributed by atoms with E-state index in [-0.39, 0.29) is 36.3 Å². The summed E-state index contributed by atoms with van der Waals surface area (Å²) in [5.41, 5.74) is -1.03. The predicted molar refractivity (Wildman–Crippen MR) is 115 cm³/mol. The summed E-state index contributed by atoms with van der Waals surface area (Å²) in [7, 11) is 0. The Morgan fingerprint density at radius 3 is 2.61 bits per heavy atom. The number of hydrogen-bond donors (Lipinski definition) is 3. The van der Waals surface area contributed by atoms with E-state index in [9.17, 15) is 23.5 Å². The van der Waals surface area contributed by atoms with Crippen molar-refractivity contribution in [2.24, 2.45) is 5.41 Å². The van der Waals surface area contributed by atoms with Crippen LogP contribution in [0.3, 0.4) is 0 Å². The van der Waals surface area contributed by atoms with E-state index in [1.165, 1.54) is 24.4 Å². The van der Waals surface area contributed by atoms with Gasteiger partial charge in [0.1, 0.15) is 17.4 Å². The van der Waals surface area contributed by atoms with Gasteiger partial charge in [0.25, 0.3) is 5.91 Å². The fourth-order valence-electron chi connectivity index (χ4n) is 4.79. The summed E-state index contributed by atoms with van der Waals surface area (Å²) >= 11 is 5.64. The first kappa shape index (κ1) is 23.4. The molecule has 3 aliphatic carbocycles. The molecule has 1 aromatic heterocycles. The molecular formula is C23H24ClF2N3O4. The van der Waals surface area contributed by atoms with E-state index in [1.54, 1.807) is 0 Å². The van der Waals surface area contributed by atoms with Crippen molar-refractivity contribution in [2.75, 3.05) is 6.61 Å². The highest BCUT2D eigenvalue weighted by atomic mass is 35.5. The zero-order valence-electron chi connectivity index (χ0n) is 17.7. The highest BCUT2D eigenvalue weighted by Crippen LogP contribution is 2.52. The van der Waals surface area contributed by atoms with Gasteiger partial charge in [0.05, 0.1) is 22.7 Å². The number of halogens is 3. The molecule has 33 heavy (non-hydrogen) atoms. The largest absolute Gasteiger partial charge is 0.484 e. The number of ether oxygens (including phenoxy) is 1. The standard InChI is InChI=1S/C23H24ClF2N3O4/c24-17-2-1-16(8-18(17)26)33-13-20(31)29-22-3-5-23(6-4-22,19(30)9-22)21(32)28-11-14-7-15(25)12-27-10-14/h1-2,7-8,10,12,19,30H,3-6,9,11,13H2,(H,28,32)(H,29,31)/t19-,22?,23?/m0/s1. The van der Waals surface area contributed by atoms with Crippen molar-refractivity contribution in [3.05, 3.63) is 58.9 Å². The first-order valence-electron chi connectivity index (χ1n) is 10.7. The minimum atomic E-state index is -0.940. The van der Waals surface area contributed by atoms with Crippen molar-refractivity contribution in [3.8, 4) is 5.75 Å². The van der Waals surface area contributed by atoms with Gasteiger partial charge in [0, 0.05) is 24.3 Å². The summed E-state index contributed by atoms with van der Waals surface area (Å²) in [5.74, 6) is -1.62. The molecule has 1 heterocycles. The maximum atomic E-state index is 13.5. The molecule has 0 unspecified atom stereocenters. The van der Waals surface area contributed by atoms with Crippen molar-refractivity contribution in [1.29, 1.82) is 0 Å². The van der Waals surface area contributed by atoms with Crippen molar-refractivity contribution in [2.45, 2.75) is 50.3 Å². The van der Waals surface area contributed by atoms with E-state index in [4.69, 9.17) is 16.3 Å². The van der Waals surface area contributed by atoms with Gasteiger partial charge < -0.3 is 20.5 Å². The summed E-state index contributed by atoms with van der Waals surface area (Å²) in [6.45, 7) is -0.200. The molecule has 3 N–H and O–H groups in total. The van der Waals surface area contributed by atoms with Crippen molar-refractivity contribution < 1.29 is 28.2 Å². The number of rotatable bonds is 7. The van der Waals surface area contributed by atoms with E-state index < -0.39 is 34.6 Å². The predicted octanol–water partition coefficient (Wildman–Crippen LogP) is 2.89. The Labute approximate surface area is 194 Å². The van der Waals surface area contributed by atoms with E-state index in [2.05, 4.69) is 15.6 Å². The van der Waals surface area contributed by atoms with E-state index in [0.717, 1.165) is 12.3 Å². The monoisotopic (exact) mass is 479 g/mol. The summed E-state index contributed by atoms with van der Waals surface area (Å²) in [5, 5.41) is 16.5. The van der Waals surface area contributed by atoms with Gasteiger partial charge in [0.2, 0.25) is 5.91 Å². The fourth-order valence-corrected chi connectivity index (χ4v) is 4.91. The number of nitrogens with one attached hydrogen (secondary N) is 2. The van der Waals surface area contributed by atoms with Crippen molar-refractivity contribution >= 4 is 23.4 Å². The molecule has 10 heteroatoms. The lowest BCUT2D eigenvalue weighted by Crippen LogP contribution is -2.65. The Balaban J connectivity index is 1.32. The zero-order chi connectivity index (χ0) is 23.6. The van der Waals surface area contributed by atoms with Crippen LogP contribution >= 0.6 is 11.6 Å². The second-order valence-corrected chi connectivity index (χ2v) is 9.17. The van der Waals surface area contributed by atoms with Crippen LogP contribution in [0.15, 0.2) is 36.7 Å². The minimum absolute atomic E-state index is 0.0378. The number of fused-ring (bicyclic) bond motifs is 3. The molecule has 0 spiro atoms. The average molecular weight is 480 g/mol. The number of pyridine rings is 1. The van der Waals surface area contributed by atoms with Gasteiger partial charge in [-0.05, 0) is 55.9 Å². The van der Waals surface area contributed by atoms with Gasteiger partial charge in [-0.1, -0.05) is 11.6 Å². The van der Waals surface area contributed by atoms with Crippen LogP contribution in [-0.4, -0.2) is 40.2 Å². The SMILES string of the molecule is O=C(COc1ccc(Cl)c(F)c1)NC12CCC(C(=O)NCc3cncc(F)c3)(CC1)[C@@H](O)C2. The number of nitrogens with zero attached hydrogens (tertiary/aromatic N) is 1. The Morgan fingerprint density at radius 2 is 1.94 bits per heavy atom. The third-order valence-corrected chi connectivity index (χ3v) is 6.96. The highest BCUT2D eigenvalue weighted by molar-refractivity contribution is 6.30. The molecule has 1 aromatic carbocycles. The van der Waals surface area contributed by atoms with Crippen LogP contribution < -0.4 is 15.4 Å². The van der Waals surface area contributed by atoms with Crippen molar-refractivity contribution in [3.63, 3.8) is 0 Å². The Hall–Kier alpha value is -2.78. The quantitative estimate of drug-likeness (QED) is 0.567. The van der Waals surface area contributed by atoms with Crippen LogP contribution in [-0.2, 0) is 16.1 Å². The number of carbonyl (C=O) groups is 2. The summed E-state index contributed by atoms with van der Waals surface area (Å²) in [4.78, 5) is 29.2. The van der Waals surface area contributed by atoms with Crippen LogP contribution in [0.1, 0.15) is 37.7 Å². The van der Waals surface area contributed by atoms with Gasteiger partial charge in [0.15, 0.2) is 6.61 Å². The lowest BCUT2D eigenvalue weighted by Gasteiger charge is -2.55. The topological polar surface area (TPSA) is 101 Å². The molecule has 1 atom stereocenters. The van der Waals surface area contributed by atoms with Gasteiger partial charge in [-0.2, -0.15) is 0 Å². The van der Waals surface area contributed by atoms with Gasteiger partial charge in [-0.15, -0.1) is 0 Å². The second-order valence-electron chi connectivity index (χ2n) is 8.76. The maximum Gasteiger partial charge on any atom is 0.258 e. The van der Waals surface area contributed by atoms with E-state index in [0.29, 0.717) is 31.2 Å². The van der Waals surface area contributed by atoms with Gasteiger partial charge >= 0.3 is 0 Å². The summed E-state index contributed by atoms with van der Waals surface area (Å²) in [6, 6.07) is 5.21. The van der Waals surface area contributed by atoms with Gasteiger partial charge in [-0.25, -0.2) is 8.78 Å².